The molecular formula is C20H19F3N2O4S. The molecule has 0 atom stereocenters. The van der Waals surface area contributed by atoms with Crippen LogP contribution in [-0.2, 0) is 20.9 Å². The molecule has 0 bridgehead atoms. The number of hydrogen-bond donors (Lipinski definition) is 1. The van der Waals surface area contributed by atoms with Gasteiger partial charge in [-0.1, -0.05) is 12.1 Å². The number of nitrogens with one attached hydrogen (secondary N) is 1. The number of fused-ring (bicyclic) bond motifs is 1. The highest BCUT2D eigenvalue weighted by molar-refractivity contribution is 7.93. The molecule has 10 heteroatoms. The summed E-state index contributed by atoms with van der Waals surface area (Å²) >= 11 is 0. The quantitative estimate of drug-likeness (QED) is 0.552. The first-order chi connectivity index (χ1) is 14.1. The van der Waals surface area contributed by atoms with E-state index in [0.29, 0.717) is 11.5 Å². The Bertz CT molecular complexity index is 1160. The van der Waals surface area contributed by atoms with Gasteiger partial charge in [0.15, 0.2) is 0 Å². The maximum Gasteiger partial charge on any atom is 0.416 e. The zero-order chi connectivity index (χ0) is 21.9. The minimum atomic E-state index is -4.65. The van der Waals surface area contributed by atoms with Gasteiger partial charge in [0, 0.05) is 18.7 Å². The van der Waals surface area contributed by atoms with Crippen molar-refractivity contribution in [1.29, 1.82) is 0 Å². The number of anilines is 1. The summed E-state index contributed by atoms with van der Waals surface area (Å²) in [5, 5.41) is 0.596. The Morgan fingerprint density at radius 2 is 1.87 bits per heavy atom. The maximum absolute atomic E-state index is 13.2. The number of para-hydroxylation sites is 1. The van der Waals surface area contributed by atoms with Crippen LogP contribution in [0.3, 0.4) is 0 Å². The Morgan fingerprint density at radius 3 is 2.57 bits per heavy atom. The molecule has 3 aromatic rings. The van der Waals surface area contributed by atoms with Gasteiger partial charge >= 0.3 is 6.18 Å². The van der Waals surface area contributed by atoms with Crippen molar-refractivity contribution < 1.29 is 31.1 Å². The zero-order valence-electron chi connectivity index (χ0n) is 16.2. The maximum atomic E-state index is 13.2. The summed E-state index contributed by atoms with van der Waals surface area (Å²) in [4.78, 5) is 4.03. The molecule has 1 N–H and O–H groups in total. The molecule has 0 aliphatic carbocycles. The van der Waals surface area contributed by atoms with Crippen LogP contribution in [0.1, 0.15) is 11.1 Å². The van der Waals surface area contributed by atoms with Crippen molar-refractivity contribution in [2.24, 2.45) is 0 Å². The molecule has 0 aliphatic heterocycles. The lowest BCUT2D eigenvalue weighted by Gasteiger charge is -2.16. The second-order valence-corrected chi connectivity index (χ2v) is 8.15. The Labute approximate surface area is 171 Å². The average Bonchev–Trinajstić information content (AvgIpc) is 2.67. The summed E-state index contributed by atoms with van der Waals surface area (Å²) < 4.78 is 78.0. The number of methoxy groups -OCH3 is 1. The van der Waals surface area contributed by atoms with Crippen molar-refractivity contribution in [3.05, 3.63) is 59.8 Å². The van der Waals surface area contributed by atoms with E-state index in [2.05, 4.69) is 9.71 Å². The van der Waals surface area contributed by atoms with E-state index in [9.17, 15) is 21.6 Å². The van der Waals surface area contributed by atoms with Crippen molar-refractivity contribution >= 4 is 26.6 Å². The molecule has 1 heterocycles. The average molecular weight is 440 g/mol. The van der Waals surface area contributed by atoms with E-state index in [1.807, 2.05) is 6.92 Å². The minimum Gasteiger partial charge on any atom is -0.489 e. The van der Waals surface area contributed by atoms with Gasteiger partial charge in [0.2, 0.25) is 0 Å². The van der Waals surface area contributed by atoms with Crippen LogP contribution in [-0.4, -0.2) is 33.7 Å². The highest BCUT2D eigenvalue weighted by Gasteiger charge is 2.32. The topological polar surface area (TPSA) is 77.5 Å². The van der Waals surface area contributed by atoms with Gasteiger partial charge in [-0.2, -0.15) is 13.2 Å². The number of halogens is 3. The molecule has 6 nitrogen and oxygen atoms in total. The third-order valence-electron chi connectivity index (χ3n) is 4.20. The van der Waals surface area contributed by atoms with E-state index in [1.54, 1.807) is 18.2 Å². The lowest BCUT2D eigenvalue weighted by molar-refractivity contribution is -0.137. The molecule has 0 spiro atoms. The zero-order valence-corrected chi connectivity index (χ0v) is 17.0. The minimum absolute atomic E-state index is 0.0334. The molecule has 30 heavy (non-hydrogen) atoms. The number of aromatic nitrogens is 1. The molecule has 160 valence electrons. The van der Waals surface area contributed by atoms with Gasteiger partial charge in [-0.15, -0.1) is 0 Å². The SMILES string of the molecule is COCCOc1ccc(C(F)(F)F)cc1NS(=O)(=O)c1cccc2cc(C)cnc12. The first-order valence-electron chi connectivity index (χ1n) is 8.83. The monoisotopic (exact) mass is 440 g/mol. The number of sulfonamides is 1. The first kappa shape index (κ1) is 21.8. The molecule has 0 unspecified atom stereocenters. The van der Waals surface area contributed by atoms with E-state index < -0.39 is 21.8 Å². The van der Waals surface area contributed by atoms with Crippen LogP contribution in [0, 0.1) is 6.92 Å². The Morgan fingerprint density at radius 1 is 1.10 bits per heavy atom. The highest BCUT2D eigenvalue weighted by Crippen LogP contribution is 2.36. The van der Waals surface area contributed by atoms with E-state index in [-0.39, 0.29) is 35.1 Å². The van der Waals surface area contributed by atoms with E-state index in [1.165, 1.54) is 19.4 Å². The number of rotatable bonds is 7. The number of pyridine rings is 1. The van der Waals surface area contributed by atoms with Gasteiger partial charge in [-0.25, -0.2) is 8.42 Å². The van der Waals surface area contributed by atoms with E-state index >= 15 is 0 Å². The fraction of sp³-hybridized carbons (Fsp3) is 0.250. The lowest BCUT2D eigenvalue weighted by Crippen LogP contribution is -2.16. The van der Waals surface area contributed by atoms with Crippen LogP contribution in [0.2, 0.25) is 0 Å². The summed E-state index contributed by atoms with van der Waals surface area (Å²) in [5.74, 6) is -0.0485. The number of hydrogen-bond acceptors (Lipinski definition) is 5. The normalized spacial score (nSPS) is 12.2. The Hall–Kier alpha value is -2.85. The molecule has 0 saturated carbocycles. The third-order valence-corrected chi connectivity index (χ3v) is 5.59. The summed E-state index contributed by atoms with van der Waals surface area (Å²) in [7, 11) is -2.82. The second kappa shape index (κ2) is 8.49. The Kier molecular flexibility index (Phi) is 6.18. The van der Waals surface area contributed by atoms with E-state index in [4.69, 9.17) is 9.47 Å². The third kappa shape index (κ3) is 4.82. The number of nitrogens with zero attached hydrogens (tertiary/aromatic N) is 1. The standard InChI is InChI=1S/C20H19F3N2O4S/c1-13-10-14-4-3-5-18(19(14)24-12-13)30(26,27)25-16-11-15(20(21,22)23)6-7-17(16)29-9-8-28-2/h3-7,10-12,25H,8-9H2,1-2H3. The number of benzene rings is 2. The van der Waals surface area contributed by atoms with Crippen LogP contribution >= 0.6 is 0 Å². The largest absolute Gasteiger partial charge is 0.489 e. The lowest BCUT2D eigenvalue weighted by atomic mass is 10.2. The molecule has 1 aromatic heterocycles. The Balaban J connectivity index is 2.05. The molecule has 0 saturated heterocycles. The molecule has 0 fully saturated rings. The van der Waals surface area contributed by atoms with Crippen molar-refractivity contribution in [3.8, 4) is 5.75 Å². The highest BCUT2D eigenvalue weighted by atomic mass is 32.2. The first-order valence-corrected chi connectivity index (χ1v) is 10.3. The predicted octanol–water partition coefficient (Wildman–Crippen LogP) is 4.39. The van der Waals surface area contributed by atoms with Crippen molar-refractivity contribution in [3.63, 3.8) is 0 Å². The van der Waals surface area contributed by atoms with Crippen LogP contribution in [0.5, 0.6) is 5.75 Å². The van der Waals surface area contributed by atoms with Gasteiger partial charge in [0.05, 0.1) is 23.4 Å². The summed E-state index contributed by atoms with van der Waals surface area (Å²) in [6, 6.07) is 8.95. The van der Waals surface area contributed by atoms with Crippen molar-refractivity contribution in [1.82, 2.24) is 4.98 Å². The molecule has 0 aliphatic rings. The van der Waals surface area contributed by atoms with Crippen LogP contribution in [0.15, 0.2) is 53.6 Å². The van der Waals surface area contributed by atoms with Crippen LogP contribution in [0.25, 0.3) is 10.9 Å². The summed E-state index contributed by atoms with van der Waals surface area (Å²) in [6.45, 7) is 2.03. The number of ether oxygens (including phenoxy) is 2. The molecule has 0 amide bonds. The summed E-state index contributed by atoms with van der Waals surface area (Å²) in [5.41, 5.74) is -0.280. The molecule has 3 rings (SSSR count). The van der Waals surface area contributed by atoms with Gasteiger partial charge in [0.25, 0.3) is 10.0 Å². The van der Waals surface area contributed by atoms with Crippen LogP contribution < -0.4 is 9.46 Å². The van der Waals surface area contributed by atoms with Crippen LogP contribution in [0.4, 0.5) is 18.9 Å². The molecular weight excluding hydrogens is 421 g/mol. The number of alkyl halides is 3. The van der Waals surface area contributed by atoms with Crippen molar-refractivity contribution in [2.75, 3.05) is 25.0 Å². The van der Waals surface area contributed by atoms with Gasteiger partial charge in [0.1, 0.15) is 17.3 Å². The fourth-order valence-electron chi connectivity index (χ4n) is 2.81. The van der Waals surface area contributed by atoms with E-state index in [0.717, 1.165) is 17.7 Å². The second-order valence-electron chi connectivity index (χ2n) is 6.50. The smallest absolute Gasteiger partial charge is 0.416 e. The van der Waals surface area contributed by atoms with Gasteiger partial charge in [-0.3, -0.25) is 9.71 Å². The number of aryl methyl sites for hydroxylation is 1. The van der Waals surface area contributed by atoms with Gasteiger partial charge in [-0.05, 0) is 42.8 Å². The molecule has 2 aromatic carbocycles. The van der Waals surface area contributed by atoms with Crippen molar-refractivity contribution in [2.45, 2.75) is 18.0 Å². The van der Waals surface area contributed by atoms with Gasteiger partial charge < -0.3 is 9.47 Å². The fourth-order valence-corrected chi connectivity index (χ4v) is 4.05. The summed E-state index contributed by atoms with van der Waals surface area (Å²) in [6.07, 6.45) is -3.13. The molecule has 0 radical (unpaired) electrons. The predicted molar refractivity (Wildman–Crippen MR) is 106 cm³/mol.